The molecule has 0 radical (unpaired) electrons. The molecule has 0 heterocycles. The minimum absolute atomic E-state index is 0.491. The molecule has 1 rings (SSSR count). The van der Waals surface area contributed by atoms with Crippen LogP contribution >= 0.6 is 0 Å². The number of aliphatic hydroxyl groups is 2. The third-order valence-electron chi connectivity index (χ3n) is 1.69. The van der Waals surface area contributed by atoms with E-state index in [-0.39, 0.29) is 0 Å². The molecule has 0 bridgehead atoms. The van der Waals surface area contributed by atoms with Crippen LogP contribution in [0.2, 0.25) is 0 Å². The number of hydrogen-bond donors (Lipinski definition) is 4. The number of hydrogen-bond acceptors (Lipinski definition) is 4. The summed E-state index contributed by atoms with van der Waals surface area (Å²) in [5, 5.41) is 18.2. The van der Waals surface area contributed by atoms with Crippen LogP contribution in [0.3, 0.4) is 0 Å². The van der Waals surface area contributed by atoms with Gasteiger partial charge in [0, 0.05) is 0 Å². The topological polar surface area (TPSA) is 92.5 Å². The molecule has 0 amide bonds. The minimum atomic E-state index is -0.931. The quantitative estimate of drug-likeness (QED) is 0.294. The first-order valence-corrected chi connectivity index (χ1v) is 3.18. The van der Waals surface area contributed by atoms with Gasteiger partial charge >= 0.3 is 0 Å². The van der Waals surface area contributed by atoms with E-state index in [2.05, 4.69) is 0 Å². The third-order valence-corrected chi connectivity index (χ3v) is 1.69. The highest BCUT2D eigenvalue weighted by molar-refractivity contribution is 5.10. The standard InChI is InChI=1S/C6H12N2O2/c7-3-1-2-4(8)6(10)5(3)9/h1-6,9-10H,7-8H2. The van der Waals surface area contributed by atoms with Gasteiger partial charge < -0.3 is 21.7 Å². The van der Waals surface area contributed by atoms with Crippen LogP contribution in [-0.2, 0) is 0 Å². The Bertz CT molecular complexity index is 133. The van der Waals surface area contributed by atoms with Gasteiger partial charge in [0.05, 0.1) is 12.1 Å². The van der Waals surface area contributed by atoms with Gasteiger partial charge in [-0.1, -0.05) is 12.2 Å². The van der Waals surface area contributed by atoms with Gasteiger partial charge in [-0.2, -0.15) is 0 Å². The van der Waals surface area contributed by atoms with Gasteiger partial charge in [-0.05, 0) is 0 Å². The Morgan fingerprint density at radius 1 is 0.900 bits per heavy atom. The molecule has 4 nitrogen and oxygen atoms in total. The molecule has 58 valence electrons. The monoisotopic (exact) mass is 144 g/mol. The van der Waals surface area contributed by atoms with Crippen molar-refractivity contribution in [3.05, 3.63) is 12.2 Å². The Labute approximate surface area is 59.1 Å². The smallest absolute Gasteiger partial charge is 0.100 e. The van der Waals surface area contributed by atoms with E-state index in [1.807, 2.05) is 0 Å². The lowest BCUT2D eigenvalue weighted by Gasteiger charge is -2.28. The second-order valence-electron chi connectivity index (χ2n) is 2.52. The molecule has 0 saturated carbocycles. The third kappa shape index (κ3) is 1.19. The fraction of sp³-hybridized carbons (Fsp3) is 0.667. The van der Waals surface area contributed by atoms with Gasteiger partial charge in [0.25, 0.3) is 0 Å². The predicted octanol–water partition coefficient (Wildman–Crippen LogP) is -2.07. The minimum Gasteiger partial charge on any atom is -0.388 e. The lowest BCUT2D eigenvalue weighted by atomic mass is 9.94. The summed E-state index contributed by atoms with van der Waals surface area (Å²) < 4.78 is 0. The molecule has 0 spiro atoms. The molecule has 0 fully saturated rings. The van der Waals surface area contributed by atoms with Gasteiger partial charge in [0.15, 0.2) is 0 Å². The second kappa shape index (κ2) is 2.67. The summed E-state index contributed by atoms with van der Waals surface area (Å²) in [6.07, 6.45) is 1.34. The number of rotatable bonds is 0. The molecule has 10 heavy (non-hydrogen) atoms. The van der Waals surface area contributed by atoms with Crippen LogP contribution in [0.25, 0.3) is 0 Å². The summed E-state index contributed by atoms with van der Waals surface area (Å²) in [6, 6.07) is -0.982. The van der Waals surface area contributed by atoms with E-state index < -0.39 is 24.3 Å². The van der Waals surface area contributed by atoms with Gasteiger partial charge in [0.2, 0.25) is 0 Å². The van der Waals surface area contributed by atoms with E-state index in [1.54, 1.807) is 12.2 Å². The maximum Gasteiger partial charge on any atom is 0.100 e. The summed E-state index contributed by atoms with van der Waals surface area (Å²) in [4.78, 5) is 0. The number of aliphatic hydroxyl groups excluding tert-OH is 2. The Balaban J connectivity index is 2.69. The zero-order valence-corrected chi connectivity index (χ0v) is 5.51. The van der Waals surface area contributed by atoms with E-state index in [4.69, 9.17) is 21.7 Å². The van der Waals surface area contributed by atoms with Crippen molar-refractivity contribution < 1.29 is 10.2 Å². The fourth-order valence-corrected chi connectivity index (χ4v) is 0.940. The van der Waals surface area contributed by atoms with Crippen LogP contribution in [0.1, 0.15) is 0 Å². The van der Waals surface area contributed by atoms with Crippen molar-refractivity contribution in [1.82, 2.24) is 0 Å². The zero-order chi connectivity index (χ0) is 7.72. The molecule has 0 aromatic heterocycles. The Kier molecular flexibility index (Phi) is 2.05. The van der Waals surface area contributed by atoms with Crippen molar-refractivity contribution in [2.45, 2.75) is 24.3 Å². The SMILES string of the molecule is NC1C=CC(N)C(O)C1O. The van der Waals surface area contributed by atoms with E-state index in [0.29, 0.717) is 0 Å². The summed E-state index contributed by atoms with van der Waals surface area (Å²) in [5.41, 5.74) is 10.8. The largest absolute Gasteiger partial charge is 0.388 e. The van der Waals surface area contributed by atoms with Crippen LogP contribution in [-0.4, -0.2) is 34.5 Å². The van der Waals surface area contributed by atoms with Crippen LogP contribution in [0, 0.1) is 0 Å². The first kappa shape index (κ1) is 7.68. The predicted molar refractivity (Wildman–Crippen MR) is 37.1 cm³/mol. The van der Waals surface area contributed by atoms with Crippen LogP contribution in [0.15, 0.2) is 12.2 Å². The summed E-state index contributed by atoms with van der Waals surface area (Å²) in [5.74, 6) is 0. The maximum absolute atomic E-state index is 9.11. The van der Waals surface area contributed by atoms with Crippen LogP contribution < -0.4 is 11.5 Å². The van der Waals surface area contributed by atoms with E-state index >= 15 is 0 Å². The van der Waals surface area contributed by atoms with Crippen molar-refractivity contribution >= 4 is 0 Å². The van der Waals surface area contributed by atoms with Crippen molar-refractivity contribution in [3.63, 3.8) is 0 Å². The highest BCUT2D eigenvalue weighted by Gasteiger charge is 2.29. The highest BCUT2D eigenvalue weighted by Crippen LogP contribution is 2.09. The molecule has 0 aliphatic heterocycles. The first-order valence-electron chi connectivity index (χ1n) is 3.18. The number of nitrogens with two attached hydrogens (primary N) is 2. The molecule has 4 unspecified atom stereocenters. The fourth-order valence-electron chi connectivity index (χ4n) is 0.940. The maximum atomic E-state index is 9.11. The summed E-state index contributed by atoms with van der Waals surface area (Å²) in [6.45, 7) is 0. The summed E-state index contributed by atoms with van der Waals surface area (Å²) >= 11 is 0. The molecular weight excluding hydrogens is 132 g/mol. The average molecular weight is 144 g/mol. The van der Waals surface area contributed by atoms with Crippen LogP contribution in [0.4, 0.5) is 0 Å². The van der Waals surface area contributed by atoms with Crippen molar-refractivity contribution in [1.29, 1.82) is 0 Å². The summed E-state index contributed by atoms with van der Waals surface area (Å²) in [7, 11) is 0. The van der Waals surface area contributed by atoms with E-state index in [1.165, 1.54) is 0 Å². The van der Waals surface area contributed by atoms with E-state index in [9.17, 15) is 0 Å². The zero-order valence-electron chi connectivity index (χ0n) is 5.51. The lowest BCUT2D eigenvalue weighted by Crippen LogP contribution is -2.52. The highest BCUT2D eigenvalue weighted by atomic mass is 16.3. The average Bonchev–Trinajstić information content (AvgIpc) is 1.93. The Morgan fingerprint density at radius 3 is 1.50 bits per heavy atom. The van der Waals surface area contributed by atoms with Crippen molar-refractivity contribution in [2.75, 3.05) is 0 Å². The lowest BCUT2D eigenvalue weighted by molar-refractivity contribution is 0.000619. The Hall–Kier alpha value is -0.420. The van der Waals surface area contributed by atoms with Crippen molar-refractivity contribution in [3.8, 4) is 0 Å². The molecule has 0 saturated heterocycles. The van der Waals surface area contributed by atoms with Crippen molar-refractivity contribution in [2.24, 2.45) is 11.5 Å². The van der Waals surface area contributed by atoms with Gasteiger partial charge in [-0.25, -0.2) is 0 Å². The first-order chi connectivity index (χ1) is 4.63. The van der Waals surface area contributed by atoms with Crippen LogP contribution in [0.5, 0.6) is 0 Å². The van der Waals surface area contributed by atoms with Gasteiger partial charge in [-0.3, -0.25) is 0 Å². The normalized spacial score (nSPS) is 47.6. The molecule has 0 aromatic rings. The van der Waals surface area contributed by atoms with E-state index in [0.717, 1.165) is 0 Å². The van der Waals surface area contributed by atoms with Gasteiger partial charge in [0.1, 0.15) is 12.2 Å². The molecule has 4 heteroatoms. The molecule has 6 N–H and O–H groups in total. The molecule has 0 aromatic carbocycles. The molecule has 1 aliphatic carbocycles. The Morgan fingerprint density at radius 2 is 1.20 bits per heavy atom. The second-order valence-corrected chi connectivity index (χ2v) is 2.52. The van der Waals surface area contributed by atoms with Gasteiger partial charge in [-0.15, -0.1) is 0 Å². The molecule has 1 aliphatic rings. The molecule has 4 atom stereocenters. The molecular formula is C6H12N2O2.